The van der Waals surface area contributed by atoms with E-state index in [1.165, 1.54) is 35.6 Å². The van der Waals surface area contributed by atoms with Gasteiger partial charge >= 0.3 is 0 Å². The van der Waals surface area contributed by atoms with Crippen LogP contribution in [-0.4, -0.2) is 40.4 Å². The summed E-state index contributed by atoms with van der Waals surface area (Å²) < 4.78 is 54.1. The van der Waals surface area contributed by atoms with Crippen LogP contribution in [-0.2, 0) is 9.84 Å². The van der Waals surface area contributed by atoms with Gasteiger partial charge in [-0.1, -0.05) is 11.6 Å². The number of amides is 1. The molecule has 12 heteroatoms. The van der Waals surface area contributed by atoms with Crippen molar-refractivity contribution in [1.29, 1.82) is 0 Å². The summed E-state index contributed by atoms with van der Waals surface area (Å²) in [7, 11) is -4.02. The van der Waals surface area contributed by atoms with Crippen molar-refractivity contribution < 1.29 is 32.2 Å². The molecule has 3 aromatic rings. The van der Waals surface area contributed by atoms with Crippen molar-refractivity contribution in [3.05, 3.63) is 75.2 Å². The van der Waals surface area contributed by atoms with Crippen LogP contribution in [0.3, 0.4) is 0 Å². The van der Waals surface area contributed by atoms with Crippen molar-refractivity contribution in [2.45, 2.75) is 47.5 Å². The highest BCUT2D eigenvalue weighted by molar-refractivity contribution is 7.92. The zero-order valence-electron chi connectivity index (χ0n) is 19.3. The molecular formula is C25H23ClF2N2O5S2. The Morgan fingerprint density at radius 1 is 1.14 bits per heavy atom. The minimum atomic E-state index is -4.02. The number of aliphatic hydroxyl groups excluding tert-OH is 1. The molecule has 2 aliphatic rings. The second kappa shape index (κ2) is 9.70. The smallest absolute Gasteiger partial charge is 0.255 e. The lowest BCUT2D eigenvalue weighted by Gasteiger charge is -2.44. The molecule has 0 spiro atoms. The third kappa shape index (κ3) is 4.57. The maximum atomic E-state index is 13.7. The first-order valence-electron chi connectivity index (χ1n) is 11.6. The maximum absolute atomic E-state index is 13.7. The quantitative estimate of drug-likeness (QED) is 0.395. The molecule has 3 N–H and O–H groups in total. The van der Waals surface area contributed by atoms with Crippen molar-refractivity contribution in [3.8, 4) is 0 Å². The number of nitrogens with zero attached hydrogens (tertiary/aromatic N) is 1. The maximum Gasteiger partial charge on any atom is 0.255 e. The van der Waals surface area contributed by atoms with Gasteiger partial charge < -0.3 is 15.5 Å². The second-order valence-corrected chi connectivity index (χ2v) is 13.0. The van der Waals surface area contributed by atoms with Crippen molar-refractivity contribution in [2.75, 3.05) is 5.32 Å². The summed E-state index contributed by atoms with van der Waals surface area (Å²) in [5, 5.41) is 26.0. The van der Waals surface area contributed by atoms with Crippen molar-refractivity contribution in [1.82, 2.24) is 4.98 Å². The Hall–Kier alpha value is -2.44. The molecule has 0 radical (unpaired) electrons. The number of nitrogens with one attached hydrogen (secondary N) is 1. The summed E-state index contributed by atoms with van der Waals surface area (Å²) in [6.07, 6.45) is 1.72. The summed E-state index contributed by atoms with van der Waals surface area (Å²) in [6, 6.07) is 6.68. The van der Waals surface area contributed by atoms with Crippen LogP contribution in [0.5, 0.6) is 0 Å². The van der Waals surface area contributed by atoms with E-state index in [1.807, 2.05) is 0 Å². The number of rotatable bonds is 6. The summed E-state index contributed by atoms with van der Waals surface area (Å²) >= 11 is 7.50. The molecule has 5 atom stereocenters. The van der Waals surface area contributed by atoms with Crippen LogP contribution in [0.1, 0.15) is 47.2 Å². The van der Waals surface area contributed by atoms with E-state index in [-0.39, 0.29) is 34.0 Å². The number of carbonyl (C=O) groups excluding carboxylic acids is 1. The number of aromatic nitrogens is 1. The van der Waals surface area contributed by atoms with Crippen LogP contribution in [0.15, 0.2) is 52.9 Å². The Kier molecular flexibility index (Phi) is 6.86. The summed E-state index contributed by atoms with van der Waals surface area (Å²) in [5.74, 6) is -3.83. The monoisotopic (exact) mass is 568 g/mol. The molecule has 2 saturated carbocycles. The van der Waals surface area contributed by atoms with Crippen molar-refractivity contribution in [3.63, 3.8) is 0 Å². The number of thiazole rings is 1. The topological polar surface area (TPSA) is 117 Å². The van der Waals surface area contributed by atoms with E-state index in [0.717, 1.165) is 12.1 Å². The van der Waals surface area contributed by atoms with Crippen LogP contribution in [0.2, 0.25) is 5.02 Å². The Morgan fingerprint density at radius 2 is 1.84 bits per heavy atom. The molecule has 1 heterocycles. The fourth-order valence-electron chi connectivity index (χ4n) is 5.63. The highest BCUT2D eigenvalue weighted by atomic mass is 35.5. The first kappa shape index (κ1) is 26.2. The number of anilines is 1. The largest absolute Gasteiger partial charge is 0.386 e. The van der Waals surface area contributed by atoms with Crippen LogP contribution in [0, 0.1) is 23.5 Å². The van der Waals surface area contributed by atoms with Crippen LogP contribution < -0.4 is 5.32 Å². The number of fused-ring (bicyclic) bond motifs is 2. The predicted molar refractivity (Wildman–Crippen MR) is 134 cm³/mol. The van der Waals surface area contributed by atoms with Crippen molar-refractivity contribution in [2.24, 2.45) is 11.8 Å². The van der Waals surface area contributed by atoms with E-state index in [2.05, 4.69) is 10.3 Å². The molecule has 37 heavy (non-hydrogen) atoms. The number of benzene rings is 2. The zero-order valence-corrected chi connectivity index (χ0v) is 21.7. The van der Waals surface area contributed by atoms with Gasteiger partial charge in [-0.2, -0.15) is 0 Å². The molecule has 0 saturated heterocycles. The predicted octanol–water partition coefficient (Wildman–Crippen LogP) is 4.75. The van der Waals surface area contributed by atoms with E-state index in [4.69, 9.17) is 11.6 Å². The third-order valence-corrected chi connectivity index (χ3v) is 11.0. The van der Waals surface area contributed by atoms with Gasteiger partial charge in [0.2, 0.25) is 0 Å². The first-order chi connectivity index (χ1) is 17.5. The van der Waals surface area contributed by atoms with Crippen LogP contribution >= 0.6 is 22.9 Å². The third-order valence-electron chi connectivity index (χ3n) is 7.51. The van der Waals surface area contributed by atoms with Gasteiger partial charge in [0.25, 0.3) is 5.91 Å². The van der Waals surface area contributed by atoms with E-state index >= 15 is 0 Å². The normalized spacial score (nSPS) is 26.1. The number of hydrogen-bond donors (Lipinski definition) is 3. The summed E-state index contributed by atoms with van der Waals surface area (Å²) in [5.41, 5.74) is -1.49. The lowest BCUT2D eigenvalue weighted by atomic mass is 9.71. The molecule has 7 nitrogen and oxygen atoms in total. The molecular weight excluding hydrogens is 546 g/mol. The molecule has 1 aromatic heterocycles. The summed E-state index contributed by atoms with van der Waals surface area (Å²) in [6.45, 7) is 0. The van der Waals surface area contributed by atoms with Gasteiger partial charge in [0.1, 0.15) is 16.7 Å². The number of sulfone groups is 1. The lowest BCUT2D eigenvalue weighted by Crippen LogP contribution is -2.52. The Labute approximate surface area is 221 Å². The highest BCUT2D eigenvalue weighted by Gasteiger charge is 2.59. The summed E-state index contributed by atoms with van der Waals surface area (Å²) in [4.78, 5) is 16.6. The number of halogens is 3. The van der Waals surface area contributed by atoms with Crippen LogP contribution in [0.4, 0.5) is 14.5 Å². The molecule has 0 aliphatic heterocycles. The molecule has 2 aromatic carbocycles. The Balaban J connectivity index is 1.39. The van der Waals surface area contributed by atoms with Gasteiger partial charge in [0.05, 0.1) is 15.2 Å². The van der Waals surface area contributed by atoms with Crippen LogP contribution in [0.25, 0.3) is 0 Å². The van der Waals surface area contributed by atoms with Crippen molar-refractivity contribution >= 4 is 44.4 Å². The average molecular weight is 569 g/mol. The van der Waals surface area contributed by atoms with Gasteiger partial charge in [0, 0.05) is 28.9 Å². The molecule has 1 amide bonds. The second-order valence-electron chi connectivity index (χ2n) is 9.50. The molecule has 196 valence electrons. The van der Waals surface area contributed by atoms with E-state index < -0.39 is 56.2 Å². The molecule has 2 bridgehead atoms. The van der Waals surface area contributed by atoms with Gasteiger partial charge in [0.15, 0.2) is 21.5 Å². The molecule has 2 aliphatic carbocycles. The van der Waals surface area contributed by atoms with Gasteiger partial charge in [-0.15, -0.1) is 11.3 Å². The molecule has 2 fully saturated rings. The minimum absolute atomic E-state index is 0.00480. The average Bonchev–Trinajstić information content (AvgIpc) is 3.43. The van der Waals surface area contributed by atoms with Gasteiger partial charge in [-0.25, -0.2) is 22.2 Å². The Bertz CT molecular complexity index is 1440. The lowest BCUT2D eigenvalue weighted by molar-refractivity contribution is -0.144. The van der Waals surface area contributed by atoms with Gasteiger partial charge in [-0.05, 0) is 67.9 Å². The Morgan fingerprint density at radius 3 is 2.46 bits per heavy atom. The van der Waals surface area contributed by atoms with E-state index in [9.17, 15) is 32.2 Å². The van der Waals surface area contributed by atoms with E-state index in [0.29, 0.717) is 17.8 Å². The molecule has 5 rings (SSSR count). The van der Waals surface area contributed by atoms with E-state index in [1.54, 1.807) is 11.6 Å². The fourth-order valence-corrected chi connectivity index (χ4v) is 8.73. The number of aliphatic hydroxyl groups is 2. The number of carbonyl (C=O) groups is 1. The number of hydrogen-bond acceptors (Lipinski definition) is 7. The standard InChI is InChI=1S/C25H23ClF2N2O5S2/c26-18-5-1-13(23(32)30-16-4-6-19(27)20(28)12-16)9-21(18)37(34,35)17-10-14-2-3-15(11-17)25(14,33)22(31)24-29-7-8-36-24/h1,4-9,12,14-15,17,22,31,33H,2-3,10-11H2,(H,30,32)/t14-,15+,17-,22-,25-/m0/s1. The zero-order chi connectivity index (χ0) is 26.5. The van der Waals surface area contributed by atoms with Gasteiger partial charge in [-0.3, -0.25) is 4.79 Å². The fraction of sp³-hybridized carbons (Fsp3) is 0.360. The SMILES string of the molecule is O=C(Nc1ccc(F)c(F)c1)c1ccc(Cl)c(S(=O)(=O)[C@@H]2C[C@H]3CC[C@@H](C2)[C@@]3(O)[C@@H](O)c2nccs2)c1. The first-order valence-corrected chi connectivity index (χ1v) is 14.4. The molecule has 0 unspecified atom stereocenters. The highest BCUT2D eigenvalue weighted by Crippen LogP contribution is 2.56. The minimum Gasteiger partial charge on any atom is -0.386 e.